The van der Waals surface area contributed by atoms with E-state index in [0.29, 0.717) is 6.54 Å². The van der Waals surface area contributed by atoms with E-state index in [2.05, 4.69) is 59.9 Å². The van der Waals surface area contributed by atoms with Gasteiger partial charge in [0.1, 0.15) is 0 Å². The van der Waals surface area contributed by atoms with Gasteiger partial charge in [0.05, 0.1) is 11.2 Å². The number of hydrogen-bond acceptors (Lipinski definition) is 3. The van der Waals surface area contributed by atoms with Crippen molar-refractivity contribution < 1.29 is 0 Å². The number of rotatable bonds is 4. The van der Waals surface area contributed by atoms with E-state index in [-0.39, 0.29) is 0 Å². The summed E-state index contributed by atoms with van der Waals surface area (Å²) in [4.78, 5) is 4.85. The molecule has 3 aromatic carbocycles. The minimum Gasteiger partial charge on any atom is -0.383 e. The van der Waals surface area contributed by atoms with Crippen LogP contribution in [0.2, 0.25) is 0 Å². The van der Waals surface area contributed by atoms with Crippen LogP contribution in [0.25, 0.3) is 32.9 Å². The summed E-state index contributed by atoms with van der Waals surface area (Å²) in [5, 5.41) is 7.00. The summed E-state index contributed by atoms with van der Waals surface area (Å²) in [5.74, 6) is 0. The van der Waals surface area contributed by atoms with E-state index in [1.807, 2.05) is 18.2 Å². The zero-order valence-corrected chi connectivity index (χ0v) is 13.4. The normalized spacial score (nSPS) is 11.0. The number of anilines is 1. The van der Waals surface area contributed by atoms with E-state index in [9.17, 15) is 0 Å². The molecule has 0 unspecified atom stereocenters. The van der Waals surface area contributed by atoms with Gasteiger partial charge in [-0.3, -0.25) is 0 Å². The minimum absolute atomic E-state index is 0.599. The fourth-order valence-electron chi connectivity index (χ4n) is 3.03. The summed E-state index contributed by atoms with van der Waals surface area (Å²) in [6, 6.07) is 25.2. The van der Waals surface area contributed by atoms with Gasteiger partial charge in [0.15, 0.2) is 0 Å². The van der Waals surface area contributed by atoms with Gasteiger partial charge in [-0.15, -0.1) is 0 Å². The lowest BCUT2D eigenvalue weighted by molar-refractivity contribution is 1.03. The molecule has 3 heteroatoms. The van der Waals surface area contributed by atoms with Gasteiger partial charge in [-0.1, -0.05) is 54.6 Å². The van der Waals surface area contributed by atoms with Crippen molar-refractivity contribution in [2.75, 3.05) is 18.4 Å². The first kappa shape index (κ1) is 14.7. The third kappa shape index (κ3) is 2.70. The highest BCUT2D eigenvalue weighted by molar-refractivity contribution is 5.95. The molecule has 4 rings (SSSR count). The minimum atomic E-state index is 0.599. The van der Waals surface area contributed by atoms with Gasteiger partial charge in [0, 0.05) is 29.7 Å². The lowest BCUT2D eigenvalue weighted by Crippen LogP contribution is -2.13. The van der Waals surface area contributed by atoms with Crippen LogP contribution in [0, 0.1) is 0 Å². The maximum Gasteiger partial charge on any atom is 0.0730 e. The smallest absolute Gasteiger partial charge is 0.0730 e. The van der Waals surface area contributed by atoms with Crippen LogP contribution in [0.3, 0.4) is 0 Å². The summed E-state index contributed by atoms with van der Waals surface area (Å²) in [6.07, 6.45) is 0. The standard InChI is InChI=1S/C21H19N3/c22-11-12-23-21-14-20(24-19-8-4-3-7-18(19)21)17-10-9-15-5-1-2-6-16(15)13-17/h1-10,13-14H,11-12,22H2,(H,23,24). The van der Waals surface area contributed by atoms with Crippen molar-refractivity contribution in [2.45, 2.75) is 0 Å². The Morgan fingerprint density at radius 2 is 1.62 bits per heavy atom. The Bertz CT molecular complexity index is 1010. The van der Waals surface area contributed by atoms with Crippen LogP contribution in [0.1, 0.15) is 0 Å². The number of hydrogen-bond donors (Lipinski definition) is 2. The molecule has 0 saturated carbocycles. The van der Waals surface area contributed by atoms with Crippen LogP contribution < -0.4 is 11.1 Å². The van der Waals surface area contributed by atoms with Gasteiger partial charge in [-0.05, 0) is 29.0 Å². The average Bonchev–Trinajstić information content (AvgIpc) is 2.65. The highest BCUT2D eigenvalue weighted by atomic mass is 14.9. The molecule has 0 aliphatic carbocycles. The maximum absolute atomic E-state index is 5.65. The molecule has 1 heterocycles. The number of aromatic nitrogens is 1. The van der Waals surface area contributed by atoms with Crippen molar-refractivity contribution in [2.24, 2.45) is 5.73 Å². The molecule has 0 fully saturated rings. The van der Waals surface area contributed by atoms with Crippen molar-refractivity contribution in [3.05, 3.63) is 72.8 Å². The molecule has 24 heavy (non-hydrogen) atoms. The predicted molar refractivity (Wildman–Crippen MR) is 102 cm³/mol. The van der Waals surface area contributed by atoms with E-state index >= 15 is 0 Å². The molecule has 4 aromatic rings. The number of para-hydroxylation sites is 1. The van der Waals surface area contributed by atoms with Gasteiger partial charge < -0.3 is 11.1 Å². The molecule has 0 aliphatic rings. The van der Waals surface area contributed by atoms with Gasteiger partial charge >= 0.3 is 0 Å². The zero-order chi connectivity index (χ0) is 16.4. The van der Waals surface area contributed by atoms with Gasteiger partial charge in [0.2, 0.25) is 0 Å². The second-order valence-electron chi connectivity index (χ2n) is 5.85. The fraction of sp³-hybridized carbons (Fsp3) is 0.0952. The van der Waals surface area contributed by atoms with Gasteiger partial charge in [-0.2, -0.15) is 0 Å². The van der Waals surface area contributed by atoms with Gasteiger partial charge in [0.25, 0.3) is 0 Å². The number of nitrogens with zero attached hydrogens (tertiary/aromatic N) is 1. The largest absolute Gasteiger partial charge is 0.383 e. The van der Waals surface area contributed by atoms with Crippen molar-refractivity contribution in [3.63, 3.8) is 0 Å². The van der Waals surface area contributed by atoms with E-state index in [0.717, 1.165) is 34.4 Å². The first-order valence-corrected chi connectivity index (χ1v) is 8.18. The van der Waals surface area contributed by atoms with E-state index < -0.39 is 0 Å². The quantitative estimate of drug-likeness (QED) is 0.586. The molecule has 0 atom stereocenters. The maximum atomic E-state index is 5.65. The Morgan fingerprint density at radius 1 is 0.833 bits per heavy atom. The van der Waals surface area contributed by atoms with Crippen molar-refractivity contribution in [1.82, 2.24) is 4.98 Å². The Kier molecular flexibility index (Phi) is 3.85. The Labute approximate surface area is 141 Å². The van der Waals surface area contributed by atoms with Crippen LogP contribution in [0.5, 0.6) is 0 Å². The molecular weight excluding hydrogens is 294 g/mol. The van der Waals surface area contributed by atoms with E-state index in [4.69, 9.17) is 10.7 Å². The second-order valence-corrected chi connectivity index (χ2v) is 5.85. The predicted octanol–water partition coefficient (Wildman–Crippen LogP) is 4.43. The van der Waals surface area contributed by atoms with Crippen LogP contribution in [0.4, 0.5) is 5.69 Å². The number of benzene rings is 3. The van der Waals surface area contributed by atoms with E-state index in [1.165, 1.54) is 10.8 Å². The monoisotopic (exact) mass is 313 g/mol. The number of nitrogens with one attached hydrogen (secondary N) is 1. The first-order valence-electron chi connectivity index (χ1n) is 8.18. The highest BCUT2D eigenvalue weighted by Gasteiger charge is 2.07. The Balaban J connectivity index is 1.88. The van der Waals surface area contributed by atoms with Crippen molar-refractivity contribution in [3.8, 4) is 11.3 Å². The summed E-state index contributed by atoms with van der Waals surface area (Å²) in [6.45, 7) is 1.34. The zero-order valence-electron chi connectivity index (χ0n) is 13.4. The number of pyridine rings is 1. The summed E-state index contributed by atoms with van der Waals surface area (Å²) < 4.78 is 0. The molecule has 3 N–H and O–H groups in total. The molecule has 0 bridgehead atoms. The third-order valence-electron chi connectivity index (χ3n) is 4.22. The number of nitrogens with two attached hydrogens (primary N) is 1. The van der Waals surface area contributed by atoms with Crippen molar-refractivity contribution in [1.29, 1.82) is 0 Å². The Morgan fingerprint density at radius 3 is 2.50 bits per heavy atom. The SMILES string of the molecule is NCCNc1cc(-c2ccc3ccccc3c2)nc2ccccc12. The van der Waals surface area contributed by atoms with Crippen LogP contribution in [0.15, 0.2) is 72.8 Å². The lowest BCUT2D eigenvalue weighted by atomic mass is 10.0. The summed E-state index contributed by atoms with van der Waals surface area (Å²) >= 11 is 0. The number of fused-ring (bicyclic) bond motifs is 2. The van der Waals surface area contributed by atoms with Crippen molar-refractivity contribution >= 4 is 27.4 Å². The molecule has 0 saturated heterocycles. The molecule has 0 aliphatic heterocycles. The molecule has 0 radical (unpaired) electrons. The molecule has 118 valence electrons. The fourth-order valence-corrected chi connectivity index (χ4v) is 3.03. The lowest BCUT2D eigenvalue weighted by Gasteiger charge is -2.12. The molecule has 0 spiro atoms. The highest BCUT2D eigenvalue weighted by Crippen LogP contribution is 2.29. The Hall–Kier alpha value is -2.91. The second kappa shape index (κ2) is 6.30. The molecule has 3 nitrogen and oxygen atoms in total. The van der Waals surface area contributed by atoms with Crippen LogP contribution >= 0.6 is 0 Å². The van der Waals surface area contributed by atoms with Crippen LogP contribution in [-0.2, 0) is 0 Å². The van der Waals surface area contributed by atoms with E-state index in [1.54, 1.807) is 0 Å². The molecule has 0 amide bonds. The third-order valence-corrected chi connectivity index (χ3v) is 4.22. The first-order chi connectivity index (χ1) is 11.8. The summed E-state index contributed by atoms with van der Waals surface area (Å²) in [5.41, 5.74) is 9.81. The van der Waals surface area contributed by atoms with Crippen LogP contribution in [-0.4, -0.2) is 18.1 Å². The summed E-state index contributed by atoms with van der Waals surface area (Å²) in [7, 11) is 0. The molecule has 1 aromatic heterocycles. The molecular formula is C21H19N3. The topological polar surface area (TPSA) is 50.9 Å². The average molecular weight is 313 g/mol. The van der Waals surface area contributed by atoms with Gasteiger partial charge in [-0.25, -0.2) is 4.98 Å².